The Morgan fingerprint density at radius 2 is 2.10 bits per heavy atom. The van der Waals surface area contributed by atoms with Crippen molar-refractivity contribution in [1.29, 1.82) is 0 Å². The van der Waals surface area contributed by atoms with Crippen molar-refractivity contribution < 1.29 is 13.9 Å². The molecule has 1 aromatic carbocycles. The first kappa shape index (κ1) is 24.1. The first-order valence-electron chi connectivity index (χ1n) is 9.68. The fraction of sp³-hybridized carbons (Fsp3) is 0.381. The molecule has 162 valence electrons. The molecule has 1 unspecified atom stereocenters. The average molecular weight is 542 g/mol. The van der Waals surface area contributed by atoms with Gasteiger partial charge in [0.1, 0.15) is 27.8 Å². The fourth-order valence-electron chi connectivity index (χ4n) is 2.85. The molecule has 3 rings (SSSR count). The molecule has 3 aromatic rings. The van der Waals surface area contributed by atoms with Crippen molar-refractivity contribution in [3.8, 4) is 0 Å². The van der Waals surface area contributed by atoms with Crippen LogP contribution in [0.1, 0.15) is 52.9 Å². The Morgan fingerprint density at radius 1 is 1.33 bits per heavy atom. The lowest BCUT2D eigenvalue weighted by Gasteiger charge is -2.15. The highest BCUT2D eigenvalue weighted by Gasteiger charge is 2.20. The number of thiazole rings is 1. The number of carbonyl (C=O) groups excluding carboxylic acids is 1. The van der Waals surface area contributed by atoms with Crippen molar-refractivity contribution >= 4 is 58.2 Å². The van der Waals surface area contributed by atoms with Gasteiger partial charge in [0, 0.05) is 11.9 Å². The molecule has 2 heterocycles. The summed E-state index contributed by atoms with van der Waals surface area (Å²) < 4.78 is 10.9. The fourth-order valence-corrected chi connectivity index (χ4v) is 3.81. The normalized spacial score (nSPS) is 12.3. The van der Waals surface area contributed by atoms with Crippen molar-refractivity contribution in [2.45, 2.75) is 40.3 Å². The lowest BCUT2D eigenvalue weighted by atomic mass is 10.2. The van der Waals surface area contributed by atoms with Crippen LogP contribution in [0.2, 0.25) is 0 Å². The standard InChI is InChI=1S/C21H26N4O3S.HI/c1-5-22-21(23-12-16-11-15-9-7-8-10-17(15)28-16)25-14(4)19-24-13(3)18(29-19)20(26)27-6-2;/h7-11,14H,5-6,12H2,1-4H3,(H2,22,23,25);1H. The summed E-state index contributed by atoms with van der Waals surface area (Å²) in [6.45, 7) is 9.10. The van der Waals surface area contributed by atoms with Gasteiger partial charge >= 0.3 is 5.97 Å². The largest absolute Gasteiger partial charge is 0.462 e. The van der Waals surface area contributed by atoms with Gasteiger partial charge < -0.3 is 19.8 Å². The number of rotatable bonds is 7. The number of nitrogens with one attached hydrogen (secondary N) is 2. The minimum atomic E-state index is -0.327. The van der Waals surface area contributed by atoms with Crippen LogP contribution in [0.3, 0.4) is 0 Å². The molecule has 0 radical (unpaired) electrons. The van der Waals surface area contributed by atoms with Gasteiger partial charge in [-0.1, -0.05) is 18.2 Å². The van der Waals surface area contributed by atoms with E-state index in [0.717, 1.165) is 28.3 Å². The maximum Gasteiger partial charge on any atom is 0.350 e. The number of esters is 1. The second-order valence-electron chi connectivity index (χ2n) is 6.50. The van der Waals surface area contributed by atoms with Gasteiger partial charge in [0.2, 0.25) is 0 Å². The molecular formula is C21H27IN4O3S. The molecule has 0 bridgehead atoms. The van der Waals surface area contributed by atoms with E-state index in [1.165, 1.54) is 11.3 Å². The average Bonchev–Trinajstić information content (AvgIpc) is 3.29. The summed E-state index contributed by atoms with van der Waals surface area (Å²) in [4.78, 5) is 21.7. The first-order valence-corrected chi connectivity index (χ1v) is 10.5. The molecule has 0 fully saturated rings. The summed E-state index contributed by atoms with van der Waals surface area (Å²) in [6.07, 6.45) is 0. The quantitative estimate of drug-likeness (QED) is 0.193. The van der Waals surface area contributed by atoms with Crippen LogP contribution >= 0.6 is 35.3 Å². The summed E-state index contributed by atoms with van der Waals surface area (Å²) in [7, 11) is 0. The van der Waals surface area contributed by atoms with Gasteiger partial charge in [-0.3, -0.25) is 0 Å². The lowest BCUT2D eigenvalue weighted by molar-refractivity contribution is 0.0531. The van der Waals surface area contributed by atoms with Crippen molar-refractivity contribution in [2.75, 3.05) is 13.2 Å². The first-order chi connectivity index (χ1) is 14.0. The Kier molecular flexibility index (Phi) is 9.09. The van der Waals surface area contributed by atoms with E-state index in [-0.39, 0.29) is 36.0 Å². The third-order valence-corrected chi connectivity index (χ3v) is 5.53. The van der Waals surface area contributed by atoms with Gasteiger partial charge in [-0.05, 0) is 39.8 Å². The Bertz CT molecular complexity index is 982. The lowest BCUT2D eigenvalue weighted by Crippen LogP contribution is -2.38. The molecule has 0 aliphatic carbocycles. The van der Waals surface area contributed by atoms with Gasteiger partial charge in [-0.2, -0.15) is 0 Å². The van der Waals surface area contributed by atoms with E-state index >= 15 is 0 Å². The summed E-state index contributed by atoms with van der Waals surface area (Å²) >= 11 is 1.34. The summed E-state index contributed by atoms with van der Waals surface area (Å²) in [6, 6.07) is 9.78. The van der Waals surface area contributed by atoms with Gasteiger partial charge in [-0.25, -0.2) is 14.8 Å². The van der Waals surface area contributed by atoms with E-state index in [9.17, 15) is 4.79 Å². The number of hydrogen-bond acceptors (Lipinski definition) is 6. The predicted molar refractivity (Wildman–Crippen MR) is 131 cm³/mol. The molecule has 2 N–H and O–H groups in total. The predicted octanol–water partition coefficient (Wildman–Crippen LogP) is 4.81. The van der Waals surface area contributed by atoms with Gasteiger partial charge in [0.05, 0.1) is 18.3 Å². The number of halogens is 1. The Labute approximate surface area is 197 Å². The number of aryl methyl sites for hydroxylation is 1. The molecule has 0 aliphatic rings. The SMILES string of the molecule is CCNC(=NCc1cc2ccccc2o1)NC(C)c1nc(C)c(C(=O)OCC)s1.I. The van der Waals surface area contributed by atoms with E-state index in [4.69, 9.17) is 9.15 Å². The molecular weight excluding hydrogens is 515 g/mol. The minimum Gasteiger partial charge on any atom is -0.462 e. The summed E-state index contributed by atoms with van der Waals surface area (Å²) in [5.74, 6) is 1.13. The number of aliphatic imine (C=N–C) groups is 1. The van der Waals surface area contributed by atoms with E-state index in [1.54, 1.807) is 6.92 Å². The Morgan fingerprint density at radius 3 is 2.80 bits per heavy atom. The molecule has 30 heavy (non-hydrogen) atoms. The van der Waals surface area contributed by atoms with E-state index < -0.39 is 0 Å². The number of carbonyl (C=O) groups is 1. The highest BCUT2D eigenvalue weighted by Crippen LogP contribution is 2.24. The zero-order chi connectivity index (χ0) is 20.8. The van der Waals surface area contributed by atoms with Crippen LogP contribution in [-0.2, 0) is 11.3 Å². The number of hydrogen-bond donors (Lipinski definition) is 2. The minimum absolute atomic E-state index is 0. The Balaban J connectivity index is 0.00000320. The second-order valence-corrected chi connectivity index (χ2v) is 7.53. The van der Waals surface area contributed by atoms with Crippen molar-refractivity contribution in [2.24, 2.45) is 4.99 Å². The molecule has 0 saturated carbocycles. The summed E-state index contributed by atoms with van der Waals surface area (Å²) in [5.41, 5.74) is 1.54. The van der Waals surface area contributed by atoms with Crippen LogP contribution in [0, 0.1) is 6.92 Å². The van der Waals surface area contributed by atoms with Crippen LogP contribution in [0.4, 0.5) is 0 Å². The number of para-hydroxylation sites is 1. The molecule has 2 aromatic heterocycles. The number of aromatic nitrogens is 1. The number of benzene rings is 1. The van der Waals surface area contributed by atoms with E-state index in [2.05, 4.69) is 20.6 Å². The molecule has 7 nitrogen and oxygen atoms in total. The molecule has 1 atom stereocenters. The van der Waals surface area contributed by atoms with Crippen molar-refractivity contribution in [3.05, 3.63) is 51.7 Å². The van der Waals surface area contributed by atoms with Crippen LogP contribution < -0.4 is 10.6 Å². The topological polar surface area (TPSA) is 88.8 Å². The second kappa shape index (κ2) is 11.3. The van der Waals surface area contributed by atoms with E-state index in [0.29, 0.717) is 29.7 Å². The molecule has 0 saturated heterocycles. The molecule has 0 amide bonds. The zero-order valence-corrected chi connectivity index (χ0v) is 20.7. The smallest absolute Gasteiger partial charge is 0.350 e. The van der Waals surface area contributed by atoms with Crippen LogP contribution in [0.5, 0.6) is 0 Å². The molecule has 9 heteroatoms. The zero-order valence-electron chi connectivity index (χ0n) is 17.5. The highest BCUT2D eigenvalue weighted by molar-refractivity contribution is 14.0. The van der Waals surface area contributed by atoms with Gasteiger partial charge in [0.25, 0.3) is 0 Å². The Hall–Kier alpha value is -2.14. The van der Waals surface area contributed by atoms with Crippen LogP contribution in [0.25, 0.3) is 11.0 Å². The third-order valence-electron chi connectivity index (χ3n) is 4.21. The van der Waals surface area contributed by atoms with Crippen LogP contribution in [0.15, 0.2) is 39.7 Å². The third kappa shape index (κ3) is 5.94. The maximum atomic E-state index is 12.0. The van der Waals surface area contributed by atoms with Gasteiger partial charge in [0.15, 0.2) is 5.96 Å². The van der Waals surface area contributed by atoms with Crippen molar-refractivity contribution in [1.82, 2.24) is 15.6 Å². The highest BCUT2D eigenvalue weighted by atomic mass is 127. The monoisotopic (exact) mass is 542 g/mol. The van der Waals surface area contributed by atoms with Gasteiger partial charge in [-0.15, -0.1) is 35.3 Å². The molecule has 0 aliphatic heterocycles. The number of fused-ring (bicyclic) bond motifs is 1. The number of guanidine groups is 1. The summed E-state index contributed by atoms with van der Waals surface area (Å²) in [5, 5.41) is 8.45. The maximum absolute atomic E-state index is 12.0. The van der Waals surface area contributed by atoms with E-state index in [1.807, 2.05) is 51.1 Å². The molecule has 0 spiro atoms. The number of nitrogens with zero attached hydrogens (tertiary/aromatic N) is 2. The number of furan rings is 1. The van der Waals surface area contributed by atoms with Crippen LogP contribution in [-0.4, -0.2) is 30.1 Å². The number of ether oxygens (including phenoxy) is 1. The van der Waals surface area contributed by atoms with Crippen molar-refractivity contribution in [3.63, 3.8) is 0 Å².